The quantitative estimate of drug-likeness (QED) is 0.353. The fourth-order valence-electron chi connectivity index (χ4n) is 6.54. The molecule has 7 rings (SSSR count). The number of piperidine rings is 1. The summed E-state index contributed by atoms with van der Waals surface area (Å²) in [5, 5.41) is 6.38. The number of anilines is 6. The minimum atomic E-state index is -3.71. The lowest BCUT2D eigenvalue weighted by atomic mass is 10.0. The van der Waals surface area contributed by atoms with Crippen LogP contribution in [0.2, 0.25) is 5.02 Å². The summed E-state index contributed by atoms with van der Waals surface area (Å²) in [5.41, 5.74) is 1.85. The lowest BCUT2D eigenvalue weighted by Gasteiger charge is -2.42. The van der Waals surface area contributed by atoms with E-state index in [2.05, 4.69) is 42.3 Å². The summed E-state index contributed by atoms with van der Waals surface area (Å²) in [6.07, 6.45) is 6.79. The van der Waals surface area contributed by atoms with Crippen LogP contribution >= 0.6 is 11.6 Å². The van der Waals surface area contributed by atoms with Crippen LogP contribution in [-0.4, -0.2) is 114 Å². The summed E-state index contributed by atoms with van der Waals surface area (Å²) in [6.45, 7) is 6.96. The highest BCUT2D eigenvalue weighted by Crippen LogP contribution is 2.42. The van der Waals surface area contributed by atoms with Crippen molar-refractivity contribution in [2.75, 3.05) is 99.8 Å². The van der Waals surface area contributed by atoms with Gasteiger partial charge in [-0.3, -0.25) is 9.21 Å². The second-order valence-electron chi connectivity index (χ2n) is 13.0. The summed E-state index contributed by atoms with van der Waals surface area (Å²) in [5.74, 6) is 0.895. The fourth-order valence-corrected chi connectivity index (χ4v) is 7.18. The van der Waals surface area contributed by atoms with Gasteiger partial charge in [0.05, 0.1) is 55.5 Å². The van der Waals surface area contributed by atoms with E-state index < -0.39 is 15.8 Å². The molecule has 0 aliphatic carbocycles. The normalized spacial score (nSPS) is 18.5. The van der Waals surface area contributed by atoms with E-state index in [0.29, 0.717) is 30.5 Å². The summed E-state index contributed by atoms with van der Waals surface area (Å²) >= 11 is 6.49. The predicted molar refractivity (Wildman–Crippen MR) is 195 cm³/mol. The maximum absolute atomic E-state index is 15.3. The van der Waals surface area contributed by atoms with Gasteiger partial charge in [0.25, 0.3) is 0 Å². The maximum Gasteiger partial charge on any atom is 0.232 e. The Kier molecular flexibility index (Phi) is 11.3. The van der Waals surface area contributed by atoms with Gasteiger partial charge in [0.2, 0.25) is 16.0 Å². The molecule has 2 N–H and O–H groups in total. The number of ether oxygens (including phenoxy) is 3. The molecule has 0 spiro atoms. The van der Waals surface area contributed by atoms with Crippen molar-refractivity contribution in [2.45, 2.75) is 38.1 Å². The van der Waals surface area contributed by atoms with Crippen LogP contribution in [0.3, 0.4) is 0 Å². The van der Waals surface area contributed by atoms with Crippen molar-refractivity contribution < 1.29 is 27.0 Å². The molecule has 2 fully saturated rings. The molecule has 0 atom stereocenters. The predicted octanol–water partition coefficient (Wildman–Crippen LogP) is 5.32. The van der Waals surface area contributed by atoms with E-state index in [1.807, 2.05) is 12.1 Å². The first-order chi connectivity index (χ1) is 24.0. The minimum absolute atomic E-state index is 0.0597. The Morgan fingerprint density at radius 1 is 0.960 bits per heavy atom. The first-order valence-corrected chi connectivity index (χ1v) is 19.2. The molecule has 0 saturated carbocycles. The lowest BCUT2D eigenvalue weighted by Crippen LogP contribution is -2.52. The molecular weight excluding hydrogens is 687 g/mol. The molecule has 3 aromatic rings. The third-order valence-electron chi connectivity index (χ3n) is 9.57. The van der Waals surface area contributed by atoms with Crippen LogP contribution in [0, 0.1) is 5.82 Å². The number of piperazine rings is 1. The van der Waals surface area contributed by atoms with Crippen LogP contribution in [0.25, 0.3) is 0 Å². The van der Waals surface area contributed by atoms with E-state index in [-0.39, 0.29) is 40.5 Å². The molecular formula is C34H46ClFN8O5S. The van der Waals surface area contributed by atoms with E-state index in [1.165, 1.54) is 25.4 Å². The van der Waals surface area contributed by atoms with Gasteiger partial charge in [-0.05, 0) is 39.2 Å². The number of nitrogens with zero attached hydrogens (tertiary/aromatic N) is 6. The number of nitrogens with one attached hydrogen (secondary N) is 2. The van der Waals surface area contributed by atoms with Crippen molar-refractivity contribution in [1.29, 1.82) is 0 Å². The number of sulfonamides is 1. The second kappa shape index (κ2) is 15.6. The van der Waals surface area contributed by atoms with E-state index in [4.69, 9.17) is 25.8 Å². The Morgan fingerprint density at radius 2 is 1.66 bits per heavy atom. The highest BCUT2D eigenvalue weighted by Gasteiger charge is 2.29. The molecule has 50 heavy (non-hydrogen) atoms. The zero-order valence-electron chi connectivity index (χ0n) is 29.0. The molecule has 5 heterocycles. The molecule has 13 nitrogen and oxygen atoms in total. The number of aromatic nitrogens is 2. The number of hydrogen-bond donors (Lipinski definition) is 2. The first-order valence-electron chi connectivity index (χ1n) is 17.0. The summed E-state index contributed by atoms with van der Waals surface area (Å²) in [6, 6.07) is 7.01. The molecule has 0 unspecified atom stereocenters. The standard InChI is InChI=1S/C34H46ClFN8O5S/c1-41-12-14-43(15-13-41)23-8-10-44(11-9-23)29-21-31(47-3)27-19-32(29)49-17-7-5-6-16-48-30-20-28(42(2)50(4,45)46)26(18-25(30)36)38-33-24(35)22-37-34(39-27)40-33/h18-23H,5-17H2,1-4H3,(H2,37,38,39,40). The molecule has 1 aromatic heterocycles. The molecule has 4 aliphatic rings. The van der Waals surface area contributed by atoms with Crippen LogP contribution in [0.15, 0.2) is 30.5 Å². The topological polar surface area (TPSA) is 125 Å². The molecule has 0 amide bonds. The van der Waals surface area contributed by atoms with Gasteiger partial charge in [-0.15, -0.1) is 0 Å². The second-order valence-corrected chi connectivity index (χ2v) is 15.4. The van der Waals surface area contributed by atoms with E-state index in [1.54, 1.807) is 7.11 Å². The van der Waals surface area contributed by atoms with Crippen LogP contribution < -0.4 is 34.0 Å². The summed E-state index contributed by atoms with van der Waals surface area (Å²) in [7, 11) is 1.46. The van der Waals surface area contributed by atoms with E-state index in [9.17, 15) is 8.42 Å². The molecule has 6 bridgehead atoms. The average Bonchev–Trinajstić information content (AvgIpc) is 3.09. The van der Waals surface area contributed by atoms with Gasteiger partial charge in [0.1, 0.15) is 16.5 Å². The van der Waals surface area contributed by atoms with Gasteiger partial charge in [-0.2, -0.15) is 4.98 Å². The number of methoxy groups -OCH3 is 1. The molecule has 2 aromatic carbocycles. The van der Waals surface area contributed by atoms with Gasteiger partial charge < -0.3 is 34.6 Å². The van der Waals surface area contributed by atoms with E-state index in [0.717, 1.165) is 86.9 Å². The van der Waals surface area contributed by atoms with Crippen LogP contribution in [0.5, 0.6) is 17.2 Å². The number of fused-ring (bicyclic) bond motifs is 8. The van der Waals surface area contributed by atoms with Gasteiger partial charge >= 0.3 is 0 Å². The van der Waals surface area contributed by atoms with Crippen molar-refractivity contribution in [3.63, 3.8) is 0 Å². The van der Waals surface area contributed by atoms with Crippen molar-refractivity contribution in [3.8, 4) is 17.2 Å². The fraction of sp³-hybridized carbons (Fsp3) is 0.529. The zero-order valence-corrected chi connectivity index (χ0v) is 30.6. The first kappa shape index (κ1) is 36.0. The SMILES string of the molecule is COc1cc(N2CCC(N3CCN(C)CC3)CC2)c2cc1Nc1ncc(Cl)c(n1)Nc1cc(F)c(cc1N(C)S(C)(=O)=O)OCCCCCO2. The highest BCUT2D eigenvalue weighted by atomic mass is 35.5. The van der Waals surface area contributed by atoms with Gasteiger partial charge in [0, 0.05) is 76.6 Å². The highest BCUT2D eigenvalue weighted by molar-refractivity contribution is 7.92. The third-order valence-corrected chi connectivity index (χ3v) is 11.0. The number of rotatable bonds is 5. The summed E-state index contributed by atoms with van der Waals surface area (Å²) in [4.78, 5) is 16.3. The Morgan fingerprint density at radius 3 is 2.34 bits per heavy atom. The Balaban J connectivity index is 1.31. The molecule has 0 radical (unpaired) electrons. The number of benzene rings is 2. The van der Waals surface area contributed by atoms with Crippen LogP contribution in [-0.2, 0) is 10.0 Å². The zero-order chi connectivity index (χ0) is 35.4. The minimum Gasteiger partial charge on any atom is -0.494 e. The Bertz CT molecular complexity index is 1770. The van der Waals surface area contributed by atoms with Gasteiger partial charge in [-0.25, -0.2) is 17.8 Å². The van der Waals surface area contributed by atoms with Gasteiger partial charge in [-0.1, -0.05) is 11.6 Å². The van der Waals surface area contributed by atoms with Crippen LogP contribution in [0.4, 0.5) is 38.9 Å². The molecule has 4 aliphatic heterocycles. The number of halogens is 2. The number of likely N-dealkylation sites (N-methyl/N-ethyl adjacent to an activating group) is 1. The van der Waals surface area contributed by atoms with Crippen molar-refractivity contribution >= 4 is 56.1 Å². The van der Waals surface area contributed by atoms with E-state index >= 15 is 4.39 Å². The van der Waals surface area contributed by atoms with Crippen molar-refractivity contribution in [2.24, 2.45) is 0 Å². The Labute approximate surface area is 298 Å². The Hall–Kier alpha value is -3.79. The smallest absolute Gasteiger partial charge is 0.232 e. The molecule has 16 heteroatoms. The van der Waals surface area contributed by atoms with Gasteiger partial charge in [0.15, 0.2) is 17.4 Å². The summed E-state index contributed by atoms with van der Waals surface area (Å²) < 4.78 is 59.5. The molecule has 272 valence electrons. The largest absolute Gasteiger partial charge is 0.494 e. The lowest BCUT2D eigenvalue weighted by molar-refractivity contribution is 0.0981. The van der Waals surface area contributed by atoms with Crippen LogP contribution in [0.1, 0.15) is 32.1 Å². The monoisotopic (exact) mass is 732 g/mol. The van der Waals surface area contributed by atoms with Crippen molar-refractivity contribution in [3.05, 3.63) is 41.3 Å². The maximum atomic E-state index is 15.3. The van der Waals surface area contributed by atoms with Crippen molar-refractivity contribution in [1.82, 2.24) is 19.8 Å². The number of hydrogen-bond acceptors (Lipinski definition) is 12. The molecule has 2 saturated heterocycles. The third kappa shape index (κ3) is 8.39. The average molecular weight is 733 g/mol.